The van der Waals surface area contributed by atoms with E-state index in [1.165, 1.54) is 0 Å². The monoisotopic (exact) mass is 256 g/mol. The molecular weight excluding hydrogens is 236 g/mol. The molecule has 0 saturated heterocycles. The molecule has 100 valence electrons. The molecule has 0 fully saturated rings. The van der Waals surface area contributed by atoms with Gasteiger partial charge in [0.25, 0.3) is 0 Å². The van der Waals surface area contributed by atoms with Crippen LogP contribution in [0.1, 0.15) is 31.9 Å². The first-order valence-electron chi connectivity index (χ1n) is 6.37. The van der Waals surface area contributed by atoms with Gasteiger partial charge in [0.15, 0.2) is 0 Å². The van der Waals surface area contributed by atoms with Gasteiger partial charge in [-0.25, -0.2) is 4.98 Å². The first-order chi connectivity index (χ1) is 8.88. The normalized spacial score (nSPS) is 11.4. The minimum Gasteiger partial charge on any atom is -0.437 e. The highest BCUT2D eigenvalue weighted by molar-refractivity contribution is 5.51. The fourth-order valence-electron chi connectivity index (χ4n) is 1.93. The number of hydrogen-bond donors (Lipinski definition) is 1. The van der Waals surface area contributed by atoms with Crippen molar-refractivity contribution in [1.29, 1.82) is 0 Å². The predicted molar refractivity (Wildman–Crippen MR) is 78.6 cm³/mol. The van der Waals surface area contributed by atoms with Crippen LogP contribution in [0, 0.1) is 6.92 Å². The van der Waals surface area contributed by atoms with Crippen LogP contribution in [0.5, 0.6) is 11.6 Å². The molecule has 0 aliphatic carbocycles. The van der Waals surface area contributed by atoms with Crippen molar-refractivity contribution in [3.05, 3.63) is 47.7 Å². The van der Waals surface area contributed by atoms with Gasteiger partial charge in [-0.05, 0) is 36.1 Å². The zero-order chi connectivity index (χ0) is 14.0. The average molecular weight is 256 g/mol. The summed E-state index contributed by atoms with van der Waals surface area (Å²) in [6, 6.07) is 9.80. The summed E-state index contributed by atoms with van der Waals surface area (Å²) in [5, 5.41) is 0. The number of aryl methyl sites for hydroxylation is 1. The highest BCUT2D eigenvalue weighted by atomic mass is 16.5. The summed E-state index contributed by atoms with van der Waals surface area (Å²) in [5.74, 6) is 1.27. The lowest BCUT2D eigenvalue weighted by Gasteiger charge is -2.23. The molecule has 0 unspecified atom stereocenters. The van der Waals surface area contributed by atoms with Crippen molar-refractivity contribution < 1.29 is 4.74 Å². The molecule has 2 N–H and O–H groups in total. The zero-order valence-electron chi connectivity index (χ0n) is 11.9. The number of aromatic nitrogens is 1. The van der Waals surface area contributed by atoms with Crippen LogP contribution < -0.4 is 10.5 Å². The highest BCUT2D eigenvalue weighted by Crippen LogP contribution is 2.35. The Kier molecular flexibility index (Phi) is 3.47. The first-order valence-corrected chi connectivity index (χ1v) is 6.37. The van der Waals surface area contributed by atoms with Gasteiger partial charge < -0.3 is 10.5 Å². The number of ether oxygens (including phenoxy) is 1. The van der Waals surface area contributed by atoms with E-state index in [2.05, 4.69) is 37.9 Å². The molecule has 0 radical (unpaired) electrons. The zero-order valence-corrected chi connectivity index (χ0v) is 11.9. The largest absolute Gasteiger partial charge is 0.437 e. The van der Waals surface area contributed by atoms with Crippen molar-refractivity contribution in [2.24, 2.45) is 0 Å². The number of nitrogen functional groups attached to an aromatic ring is 1. The number of benzene rings is 1. The molecule has 0 saturated carbocycles. The lowest BCUT2D eigenvalue weighted by Crippen LogP contribution is -2.13. The lowest BCUT2D eigenvalue weighted by atomic mass is 9.86. The van der Waals surface area contributed by atoms with Crippen molar-refractivity contribution >= 4 is 5.69 Å². The van der Waals surface area contributed by atoms with Gasteiger partial charge >= 0.3 is 0 Å². The molecule has 2 aromatic rings. The molecule has 0 bridgehead atoms. The number of hydrogen-bond acceptors (Lipinski definition) is 3. The highest BCUT2D eigenvalue weighted by Gasteiger charge is 2.20. The minimum atomic E-state index is 0.00652. The van der Waals surface area contributed by atoms with Gasteiger partial charge in [-0.2, -0.15) is 0 Å². The van der Waals surface area contributed by atoms with Crippen molar-refractivity contribution in [3.8, 4) is 11.6 Å². The molecular formula is C16H20N2O. The van der Waals surface area contributed by atoms with Crippen LogP contribution in [-0.2, 0) is 5.41 Å². The Balaban J connectivity index is 2.45. The Morgan fingerprint density at radius 2 is 1.89 bits per heavy atom. The molecule has 0 spiro atoms. The van der Waals surface area contributed by atoms with Crippen molar-refractivity contribution in [3.63, 3.8) is 0 Å². The van der Waals surface area contributed by atoms with E-state index < -0.39 is 0 Å². The third kappa shape index (κ3) is 3.05. The van der Waals surface area contributed by atoms with Crippen LogP contribution in [0.15, 0.2) is 36.5 Å². The van der Waals surface area contributed by atoms with Crippen molar-refractivity contribution in [2.45, 2.75) is 33.1 Å². The summed E-state index contributed by atoms with van der Waals surface area (Å²) < 4.78 is 5.91. The van der Waals surface area contributed by atoms with Crippen molar-refractivity contribution in [1.82, 2.24) is 4.98 Å². The van der Waals surface area contributed by atoms with Gasteiger partial charge in [0, 0.05) is 11.8 Å². The van der Waals surface area contributed by atoms with E-state index in [9.17, 15) is 0 Å². The van der Waals surface area contributed by atoms with Gasteiger partial charge in [-0.3, -0.25) is 0 Å². The molecule has 1 aromatic carbocycles. The second-order valence-corrected chi connectivity index (χ2v) is 5.75. The summed E-state index contributed by atoms with van der Waals surface area (Å²) in [6.45, 7) is 8.52. The maximum Gasteiger partial charge on any atom is 0.242 e. The third-order valence-electron chi connectivity index (χ3n) is 2.95. The maximum absolute atomic E-state index is 5.91. The standard InChI is InChI=1S/C16H20N2O/c1-11-7-8-12(16(2,3)4)14(10-11)19-15-13(17)6-5-9-18-15/h5-10H,17H2,1-4H3. The second-order valence-electron chi connectivity index (χ2n) is 5.75. The molecule has 3 nitrogen and oxygen atoms in total. The molecule has 0 amide bonds. The minimum absolute atomic E-state index is 0.00652. The number of nitrogens with two attached hydrogens (primary N) is 1. The number of nitrogens with zero attached hydrogens (tertiary/aromatic N) is 1. The SMILES string of the molecule is Cc1ccc(C(C)(C)C)c(Oc2ncccc2N)c1. The van der Waals surface area contributed by atoms with Crippen LogP contribution in [0.2, 0.25) is 0 Å². The van der Waals surface area contributed by atoms with Gasteiger partial charge in [0.1, 0.15) is 5.75 Å². The Hall–Kier alpha value is -2.03. The van der Waals surface area contributed by atoms with Gasteiger partial charge in [-0.15, -0.1) is 0 Å². The molecule has 0 aliphatic rings. The summed E-state index contributed by atoms with van der Waals surface area (Å²) in [6.07, 6.45) is 1.68. The predicted octanol–water partition coefficient (Wildman–Crippen LogP) is 4.06. The van der Waals surface area contributed by atoms with E-state index in [4.69, 9.17) is 10.5 Å². The van der Waals surface area contributed by atoms with Crippen LogP contribution >= 0.6 is 0 Å². The summed E-state index contributed by atoms with van der Waals surface area (Å²) in [4.78, 5) is 4.18. The van der Waals surface area contributed by atoms with E-state index in [-0.39, 0.29) is 5.41 Å². The Labute approximate surface area is 114 Å². The Bertz CT molecular complexity index is 586. The Morgan fingerprint density at radius 1 is 1.16 bits per heavy atom. The third-order valence-corrected chi connectivity index (χ3v) is 2.95. The van der Waals surface area contributed by atoms with Gasteiger partial charge in [-0.1, -0.05) is 32.9 Å². The Morgan fingerprint density at radius 3 is 2.53 bits per heavy atom. The van der Waals surface area contributed by atoms with E-state index in [0.717, 1.165) is 16.9 Å². The lowest BCUT2D eigenvalue weighted by molar-refractivity contribution is 0.441. The molecule has 2 rings (SSSR count). The van der Waals surface area contributed by atoms with E-state index in [1.807, 2.05) is 13.0 Å². The van der Waals surface area contributed by atoms with Gasteiger partial charge in [0.2, 0.25) is 5.88 Å². The molecule has 1 heterocycles. The number of rotatable bonds is 2. The number of anilines is 1. The van der Waals surface area contributed by atoms with Gasteiger partial charge in [0.05, 0.1) is 5.69 Å². The van der Waals surface area contributed by atoms with Crippen LogP contribution in [0.3, 0.4) is 0 Å². The first kappa shape index (κ1) is 13.4. The molecule has 19 heavy (non-hydrogen) atoms. The number of pyridine rings is 1. The topological polar surface area (TPSA) is 48.1 Å². The summed E-state index contributed by atoms with van der Waals surface area (Å²) in [5.41, 5.74) is 8.72. The van der Waals surface area contributed by atoms with E-state index >= 15 is 0 Å². The second kappa shape index (κ2) is 4.92. The van der Waals surface area contributed by atoms with E-state index in [1.54, 1.807) is 18.3 Å². The summed E-state index contributed by atoms with van der Waals surface area (Å²) in [7, 11) is 0. The van der Waals surface area contributed by atoms with Crippen molar-refractivity contribution in [2.75, 3.05) is 5.73 Å². The maximum atomic E-state index is 5.91. The molecule has 1 aromatic heterocycles. The van der Waals surface area contributed by atoms with Crippen LogP contribution in [0.25, 0.3) is 0 Å². The summed E-state index contributed by atoms with van der Waals surface area (Å²) >= 11 is 0. The average Bonchev–Trinajstić information content (AvgIpc) is 2.30. The van der Waals surface area contributed by atoms with Crippen LogP contribution in [0.4, 0.5) is 5.69 Å². The molecule has 0 aliphatic heterocycles. The molecule has 0 atom stereocenters. The van der Waals surface area contributed by atoms with Crippen LogP contribution in [-0.4, -0.2) is 4.98 Å². The fourth-order valence-corrected chi connectivity index (χ4v) is 1.93. The quantitative estimate of drug-likeness (QED) is 0.881. The molecule has 3 heteroatoms. The smallest absolute Gasteiger partial charge is 0.242 e. The fraction of sp³-hybridized carbons (Fsp3) is 0.312. The van der Waals surface area contributed by atoms with E-state index in [0.29, 0.717) is 11.6 Å².